The van der Waals surface area contributed by atoms with Gasteiger partial charge in [-0.2, -0.15) is 0 Å². The van der Waals surface area contributed by atoms with Crippen LogP contribution in [-0.4, -0.2) is 37.2 Å². The van der Waals surface area contributed by atoms with Crippen molar-refractivity contribution in [3.8, 4) is 0 Å². The molecule has 0 bridgehead atoms. The van der Waals surface area contributed by atoms with Crippen LogP contribution < -0.4 is 0 Å². The summed E-state index contributed by atoms with van der Waals surface area (Å²) in [4.78, 5) is 38.1. The zero-order valence-corrected chi connectivity index (χ0v) is 43.9. The summed E-state index contributed by atoms with van der Waals surface area (Å²) in [6, 6.07) is 0. The molecule has 0 aromatic heterocycles. The molecule has 0 saturated carbocycles. The van der Waals surface area contributed by atoms with Crippen molar-refractivity contribution in [3.05, 3.63) is 85.1 Å². The van der Waals surface area contributed by atoms with Crippen molar-refractivity contribution in [1.29, 1.82) is 0 Å². The summed E-state index contributed by atoms with van der Waals surface area (Å²) in [5.74, 6) is -0.919. The maximum atomic E-state index is 12.8. The molecule has 1 atom stereocenters. The maximum absolute atomic E-state index is 12.8. The van der Waals surface area contributed by atoms with Crippen molar-refractivity contribution in [2.45, 2.75) is 271 Å². The highest BCUT2D eigenvalue weighted by Crippen LogP contribution is 2.15. The predicted octanol–water partition coefficient (Wildman–Crippen LogP) is 18.8. The average molecular weight is 933 g/mol. The molecule has 0 aliphatic rings. The van der Waals surface area contributed by atoms with Crippen LogP contribution in [0.3, 0.4) is 0 Å². The second-order valence-electron chi connectivity index (χ2n) is 18.5. The van der Waals surface area contributed by atoms with E-state index in [9.17, 15) is 14.4 Å². The minimum Gasteiger partial charge on any atom is -0.462 e. The molecule has 0 aromatic rings. The summed E-state index contributed by atoms with van der Waals surface area (Å²) in [6.07, 6.45) is 71.4. The van der Waals surface area contributed by atoms with E-state index in [2.05, 4.69) is 106 Å². The second-order valence-corrected chi connectivity index (χ2v) is 18.5. The fraction of sp³-hybridized carbons (Fsp3) is 0.721. The Morgan fingerprint density at radius 2 is 0.657 bits per heavy atom. The van der Waals surface area contributed by atoms with Crippen molar-refractivity contribution < 1.29 is 28.6 Å². The molecule has 6 nitrogen and oxygen atoms in total. The molecule has 0 rings (SSSR count). The summed E-state index contributed by atoms with van der Waals surface area (Å²) in [5, 5.41) is 0. The van der Waals surface area contributed by atoms with Gasteiger partial charge in [-0.1, -0.05) is 234 Å². The molecular weight excluding hydrogens is 829 g/mol. The third kappa shape index (κ3) is 53.4. The van der Waals surface area contributed by atoms with Gasteiger partial charge in [0.2, 0.25) is 0 Å². The minimum absolute atomic E-state index is 0.0902. The molecule has 0 amide bonds. The lowest BCUT2D eigenvalue weighted by Crippen LogP contribution is -2.30. The number of hydrogen-bond acceptors (Lipinski definition) is 6. The van der Waals surface area contributed by atoms with Gasteiger partial charge in [-0.15, -0.1) is 0 Å². The van der Waals surface area contributed by atoms with E-state index < -0.39 is 6.10 Å². The van der Waals surface area contributed by atoms with Crippen LogP contribution in [-0.2, 0) is 28.6 Å². The van der Waals surface area contributed by atoms with Crippen molar-refractivity contribution in [1.82, 2.24) is 0 Å². The minimum atomic E-state index is -0.793. The first-order valence-electron chi connectivity index (χ1n) is 28.1. The van der Waals surface area contributed by atoms with Gasteiger partial charge in [0, 0.05) is 19.3 Å². The molecular formula is C61H104O6. The third-order valence-corrected chi connectivity index (χ3v) is 11.9. The number of ether oxygens (including phenoxy) is 3. The van der Waals surface area contributed by atoms with E-state index in [1.54, 1.807) is 0 Å². The quantitative estimate of drug-likeness (QED) is 0.0199. The van der Waals surface area contributed by atoms with Crippen LogP contribution in [0.4, 0.5) is 0 Å². The van der Waals surface area contributed by atoms with Gasteiger partial charge in [0.1, 0.15) is 13.2 Å². The Hall–Kier alpha value is -3.41. The SMILES string of the molecule is CC\C=C/C=C\C=C/CCCCCCCCCC(=O)OCC(COC(=O)CCCCCCC/C=C\CCCCCCCCCCC)OC(=O)CCCCCCCC/C=C\C/C=C\C/C=C\CC. The van der Waals surface area contributed by atoms with Gasteiger partial charge in [-0.05, 0) is 96.3 Å². The molecule has 6 heteroatoms. The topological polar surface area (TPSA) is 78.9 Å². The highest BCUT2D eigenvalue weighted by atomic mass is 16.6. The fourth-order valence-electron chi connectivity index (χ4n) is 7.75. The number of rotatable bonds is 50. The number of allylic oxidation sites excluding steroid dienone is 14. The highest BCUT2D eigenvalue weighted by Gasteiger charge is 2.19. The number of carbonyl (C=O) groups is 3. The molecule has 0 aliphatic heterocycles. The Kier molecular flexibility index (Phi) is 52.4. The standard InChI is InChI=1S/C61H104O6/c1-4-7-10-13-16-19-22-25-28-30-31-34-36-39-42-45-48-51-54-60(63)66-57-58(56-65-59(62)53-50-47-44-41-38-35-32-27-24-21-18-15-12-9-6-3)67-61(64)55-52-49-46-43-40-37-33-29-26-23-20-17-14-11-8-5-2/h8-9,11-12,15,17-18,20-21,24,26,29,31,34,58H,4-7,10,13-14,16,19,22-23,25,27-28,30,32-33,35-57H2,1-3H3/b11-8-,12-9-,18-15-,20-17-,24-21-,29-26-,34-31-. The average Bonchev–Trinajstić information content (AvgIpc) is 3.33. The lowest BCUT2D eigenvalue weighted by molar-refractivity contribution is -0.167. The zero-order valence-electron chi connectivity index (χ0n) is 43.9. The second kappa shape index (κ2) is 55.2. The molecule has 0 spiro atoms. The first kappa shape index (κ1) is 63.6. The molecule has 0 radical (unpaired) electrons. The summed E-state index contributed by atoms with van der Waals surface area (Å²) >= 11 is 0. The number of esters is 3. The monoisotopic (exact) mass is 933 g/mol. The van der Waals surface area contributed by atoms with Crippen LogP contribution in [0.2, 0.25) is 0 Å². The van der Waals surface area contributed by atoms with Crippen LogP contribution in [0.1, 0.15) is 265 Å². The van der Waals surface area contributed by atoms with Crippen LogP contribution in [0, 0.1) is 0 Å². The Labute approximate surface area is 414 Å². The normalized spacial score (nSPS) is 12.7. The van der Waals surface area contributed by atoms with E-state index >= 15 is 0 Å². The van der Waals surface area contributed by atoms with E-state index in [-0.39, 0.29) is 31.1 Å². The van der Waals surface area contributed by atoms with Crippen molar-refractivity contribution >= 4 is 17.9 Å². The Balaban J connectivity index is 4.42. The number of carbonyl (C=O) groups excluding carboxylic acids is 3. The molecule has 0 heterocycles. The predicted molar refractivity (Wildman–Crippen MR) is 288 cm³/mol. The van der Waals surface area contributed by atoms with Gasteiger partial charge in [-0.3, -0.25) is 14.4 Å². The lowest BCUT2D eigenvalue weighted by atomic mass is 10.1. The Morgan fingerprint density at radius 3 is 1.09 bits per heavy atom. The molecule has 0 fully saturated rings. The fourth-order valence-corrected chi connectivity index (χ4v) is 7.75. The smallest absolute Gasteiger partial charge is 0.306 e. The van der Waals surface area contributed by atoms with Gasteiger partial charge in [0.05, 0.1) is 0 Å². The summed E-state index contributed by atoms with van der Waals surface area (Å²) < 4.78 is 16.8. The third-order valence-electron chi connectivity index (χ3n) is 11.9. The number of hydrogen-bond donors (Lipinski definition) is 0. The summed E-state index contributed by atoms with van der Waals surface area (Å²) in [7, 11) is 0. The van der Waals surface area contributed by atoms with Gasteiger partial charge >= 0.3 is 17.9 Å². The molecule has 0 N–H and O–H groups in total. The molecule has 0 aliphatic carbocycles. The van der Waals surface area contributed by atoms with Crippen molar-refractivity contribution in [2.75, 3.05) is 13.2 Å². The first-order chi connectivity index (χ1) is 33.0. The summed E-state index contributed by atoms with van der Waals surface area (Å²) in [5.41, 5.74) is 0. The first-order valence-corrected chi connectivity index (χ1v) is 28.1. The molecule has 0 saturated heterocycles. The van der Waals surface area contributed by atoms with Crippen LogP contribution in [0.25, 0.3) is 0 Å². The van der Waals surface area contributed by atoms with Gasteiger partial charge < -0.3 is 14.2 Å². The van der Waals surface area contributed by atoms with Crippen LogP contribution in [0.15, 0.2) is 85.1 Å². The highest BCUT2D eigenvalue weighted by molar-refractivity contribution is 5.71. The lowest BCUT2D eigenvalue weighted by Gasteiger charge is -2.18. The van der Waals surface area contributed by atoms with Crippen molar-refractivity contribution in [3.63, 3.8) is 0 Å². The van der Waals surface area contributed by atoms with E-state index in [4.69, 9.17) is 14.2 Å². The van der Waals surface area contributed by atoms with E-state index in [1.165, 1.54) is 116 Å². The Bertz CT molecular complexity index is 1300. The zero-order chi connectivity index (χ0) is 48.6. The maximum Gasteiger partial charge on any atom is 0.306 e. The Morgan fingerprint density at radius 1 is 0.328 bits per heavy atom. The summed E-state index contributed by atoms with van der Waals surface area (Å²) in [6.45, 7) is 6.38. The van der Waals surface area contributed by atoms with Crippen LogP contribution in [0.5, 0.6) is 0 Å². The van der Waals surface area contributed by atoms with Gasteiger partial charge in [0.25, 0.3) is 0 Å². The van der Waals surface area contributed by atoms with E-state index in [0.29, 0.717) is 19.3 Å². The van der Waals surface area contributed by atoms with Crippen LogP contribution >= 0.6 is 0 Å². The molecule has 0 aromatic carbocycles. The van der Waals surface area contributed by atoms with Gasteiger partial charge in [0.15, 0.2) is 6.10 Å². The molecule has 67 heavy (non-hydrogen) atoms. The van der Waals surface area contributed by atoms with Gasteiger partial charge in [-0.25, -0.2) is 0 Å². The van der Waals surface area contributed by atoms with E-state index in [0.717, 1.165) is 109 Å². The molecule has 384 valence electrons. The number of unbranched alkanes of at least 4 members (excludes halogenated alkanes) is 27. The van der Waals surface area contributed by atoms with Crippen molar-refractivity contribution in [2.24, 2.45) is 0 Å². The molecule has 1 unspecified atom stereocenters. The van der Waals surface area contributed by atoms with E-state index in [1.807, 2.05) is 0 Å². The largest absolute Gasteiger partial charge is 0.462 e.